The molecule has 1 fully saturated rings. The van der Waals surface area contributed by atoms with E-state index in [1.807, 2.05) is 29.6 Å². The van der Waals surface area contributed by atoms with E-state index in [0.717, 1.165) is 27.7 Å². The average molecular weight is 578 g/mol. The Kier molecular flexibility index (Phi) is 8.48. The van der Waals surface area contributed by atoms with Gasteiger partial charge in [0.25, 0.3) is 12.9 Å². The first-order valence-electron chi connectivity index (χ1n) is 12.8. The average Bonchev–Trinajstić information content (AvgIpc) is 3.72. The monoisotopic (exact) mass is 577 g/mol. The van der Waals surface area contributed by atoms with Gasteiger partial charge in [-0.05, 0) is 25.0 Å². The molecular weight excluding hydrogens is 550 g/mol. The zero-order chi connectivity index (χ0) is 28.2. The minimum absolute atomic E-state index is 0.126. The summed E-state index contributed by atoms with van der Waals surface area (Å²) in [5.41, 5.74) is 0.934. The molecule has 2 aliphatic rings. The van der Waals surface area contributed by atoms with Crippen LogP contribution in [0.15, 0.2) is 53.5 Å². The summed E-state index contributed by atoms with van der Waals surface area (Å²) in [4.78, 5) is 24.8. The van der Waals surface area contributed by atoms with Gasteiger partial charge in [0, 0.05) is 36.4 Å². The van der Waals surface area contributed by atoms with Gasteiger partial charge in [0.1, 0.15) is 36.0 Å². The normalized spacial score (nSPS) is 17.8. The number of aromatic nitrogens is 3. The summed E-state index contributed by atoms with van der Waals surface area (Å²) in [5, 5.41) is 10.7. The van der Waals surface area contributed by atoms with Crippen LogP contribution < -0.4 is 4.74 Å². The van der Waals surface area contributed by atoms with Crippen molar-refractivity contribution in [3.05, 3.63) is 76.0 Å². The Bertz CT molecular complexity index is 1380. The molecule has 0 aliphatic carbocycles. The maximum absolute atomic E-state index is 13.3. The molecule has 0 unspecified atom stereocenters. The summed E-state index contributed by atoms with van der Waals surface area (Å²) < 4.78 is 58.8. The van der Waals surface area contributed by atoms with E-state index in [1.165, 1.54) is 11.3 Å². The molecule has 2 aliphatic heterocycles. The number of ether oxygens (including phenoxy) is 1. The number of para-hydroxylation sites is 1. The predicted molar refractivity (Wildman–Crippen MR) is 140 cm³/mol. The molecule has 4 heterocycles. The lowest BCUT2D eigenvalue weighted by atomic mass is 9.97. The molecule has 212 valence electrons. The Morgan fingerprint density at radius 1 is 1.20 bits per heavy atom. The number of piperidine rings is 1. The van der Waals surface area contributed by atoms with Crippen molar-refractivity contribution >= 4 is 23.0 Å². The molecule has 0 N–H and O–H groups in total. The number of carbonyl (C=O) groups excluding carboxylic acids is 1. The molecule has 0 radical (unpaired) electrons. The van der Waals surface area contributed by atoms with E-state index < -0.39 is 36.7 Å². The number of nitrogens with zero attached hydrogens (tertiary/aromatic N) is 5. The molecule has 2 aromatic heterocycles. The van der Waals surface area contributed by atoms with Crippen molar-refractivity contribution in [3.63, 3.8) is 0 Å². The van der Waals surface area contributed by atoms with Crippen LogP contribution >= 0.6 is 11.3 Å². The molecule has 1 saturated heterocycles. The number of carbonyl (C=O) groups is 1. The van der Waals surface area contributed by atoms with Crippen molar-refractivity contribution in [1.29, 1.82) is 0 Å². The first-order chi connectivity index (χ1) is 19.3. The molecule has 8 nitrogen and oxygen atoms in total. The van der Waals surface area contributed by atoms with Crippen molar-refractivity contribution in [2.45, 2.75) is 50.7 Å². The highest BCUT2D eigenvalue weighted by molar-refractivity contribution is 7.10. The van der Waals surface area contributed by atoms with Crippen LogP contribution in [0.3, 0.4) is 0 Å². The van der Waals surface area contributed by atoms with Gasteiger partial charge in [-0.15, -0.1) is 11.3 Å². The Morgan fingerprint density at radius 3 is 2.70 bits per heavy atom. The van der Waals surface area contributed by atoms with E-state index in [4.69, 9.17) is 14.6 Å². The highest BCUT2D eigenvalue weighted by Crippen LogP contribution is 2.37. The van der Waals surface area contributed by atoms with Crippen molar-refractivity contribution in [3.8, 4) is 5.75 Å². The molecule has 1 atom stereocenters. The lowest BCUT2D eigenvalue weighted by molar-refractivity contribution is -0.133. The first kappa shape index (κ1) is 27.8. The third kappa shape index (κ3) is 6.03. The molecule has 0 spiro atoms. The SMILES string of the molecule is C=CCOc1ccccc1[C@@H]1CC(c2csc(C3CCN(C(=O)Cn4nc(C(F)F)cc4C(F)F)CC3)n2)=NO1. The number of benzene rings is 1. The van der Waals surface area contributed by atoms with Crippen LogP contribution in [-0.2, 0) is 16.2 Å². The quantitative estimate of drug-likeness (QED) is 0.216. The molecule has 0 bridgehead atoms. The number of amides is 1. The van der Waals surface area contributed by atoms with Crippen LogP contribution in [0.5, 0.6) is 5.75 Å². The van der Waals surface area contributed by atoms with E-state index in [2.05, 4.69) is 16.8 Å². The number of likely N-dealkylation sites (tertiary alicyclic amines) is 1. The fraction of sp³-hybridized carbons (Fsp3) is 0.407. The van der Waals surface area contributed by atoms with E-state index in [0.29, 0.717) is 49.7 Å². The van der Waals surface area contributed by atoms with Gasteiger partial charge >= 0.3 is 0 Å². The third-order valence-corrected chi connectivity index (χ3v) is 7.88. The summed E-state index contributed by atoms with van der Waals surface area (Å²) in [5.74, 6) is 0.405. The number of alkyl halides is 4. The second kappa shape index (κ2) is 12.2. The lowest BCUT2D eigenvalue weighted by Crippen LogP contribution is -2.40. The minimum atomic E-state index is -3.01. The summed E-state index contributed by atoms with van der Waals surface area (Å²) in [6.07, 6.45) is -2.78. The summed E-state index contributed by atoms with van der Waals surface area (Å²) in [6.45, 7) is 4.36. The van der Waals surface area contributed by atoms with Gasteiger partial charge in [-0.3, -0.25) is 9.48 Å². The summed E-state index contributed by atoms with van der Waals surface area (Å²) in [7, 11) is 0. The number of thiazole rings is 1. The van der Waals surface area contributed by atoms with E-state index in [1.54, 1.807) is 11.0 Å². The van der Waals surface area contributed by atoms with E-state index >= 15 is 0 Å². The van der Waals surface area contributed by atoms with Gasteiger partial charge in [0.05, 0.1) is 10.7 Å². The predicted octanol–water partition coefficient (Wildman–Crippen LogP) is 6.05. The Balaban J connectivity index is 1.16. The van der Waals surface area contributed by atoms with Crippen molar-refractivity contribution in [1.82, 2.24) is 19.7 Å². The Morgan fingerprint density at radius 2 is 1.98 bits per heavy atom. The second-order valence-electron chi connectivity index (χ2n) is 9.45. The molecule has 40 heavy (non-hydrogen) atoms. The molecule has 13 heteroatoms. The van der Waals surface area contributed by atoms with Gasteiger partial charge in [-0.1, -0.05) is 36.0 Å². The van der Waals surface area contributed by atoms with E-state index in [-0.39, 0.29) is 12.0 Å². The van der Waals surface area contributed by atoms with Crippen molar-refractivity contribution in [2.24, 2.45) is 5.16 Å². The Hall–Kier alpha value is -3.74. The standard InChI is InChI=1S/C27H27F4N5O3S/c1-2-11-38-22-6-4-3-5-17(22)23-13-18(34-39-23)20-15-40-27(32-20)16-7-9-35(10-8-16)24(37)14-36-21(26(30)31)12-19(33-36)25(28)29/h2-6,12,15-16,23,25-26H,1,7-11,13-14H2/t23-/m0/s1. The van der Waals surface area contributed by atoms with Crippen LogP contribution in [0.2, 0.25) is 0 Å². The first-order valence-corrected chi connectivity index (χ1v) is 13.6. The fourth-order valence-electron chi connectivity index (χ4n) is 4.79. The zero-order valence-corrected chi connectivity index (χ0v) is 22.2. The second-order valence-corrected chi connectivity index (χ2v) is 10.3. The molecule has 0 saturated carbocycles. The molecular formula is C27H27F4N5O3S. The van der Waals surface area contributed by atoms with Gasteiger partial charge in [-0.25, -0.2) is 22.5 Å². The fourth-order valence-corrected chi connectivity index (χ4v) is 5.80. The molecule has 5 rings (SSSR count). The maximum Gasteiger partial charge on any atom is 0.282 e. The molecule has 3 aromatic rings. The van der Waals surface area contributed by atoms with Crippen LogP contribution in [-0.4, -0.2) is 51.0 Å². The lowest BCUT2D eigenvalue weighted by Gasteiger charge is -2.31. The minimum Gasteiger partial charge on any atom is -0.489 e. The van der Waals surface area contributed by atoms with Crippen LogP contribution in [0, 0.1) is 0 Å². The summed E-state index contributed by atoms with van der Waals surface area (Å²) in [6, 6.07) is 8.29. The van der Waals surface area contributed by atoms with Gasteiger partial charge in [-0.2, -0.15) is 5.10 Å². The van der Waals surface area contributed by atoms with Gasteiger partial charge < -0.3 is 14.5 Å². The summed E-state index contributed by atoms with van der Waals surface area (Å²) >= 11 is 1.52. The smallest absolute Gasteiger partial charge is 0.282 e. The highest BCUT2D eigenvalue weighted by Gasteiger charge is 2.31. The van der Waals surface area contributed by atoms with Crippen LogP contribution in [0.1, 0.15) is 71.8 Å². The number of hydrogen-bond acceptors (Lipinski definition) is 7. The number of rotatable bonds is 10. The van der Waals surface area contributed by atoms with Crippen LogP contribution in [0.4, 0.5) is 17.6 Å². The topological polar surface area (TPSA) is 81.8 Å². The van der Waals surface area contributed by atoms with Gasteiger partial charge in [0.2, 0.25) is 5.91 Å². The molecule has 1 aromatic carbocycles. The highest BCUT2D eigenvalue weighted by atomic mass is 32.1. The largest absolute Gasteiger partial charge is 0.489 e. The van der Waals surface area contributed by atoms with Crippen molar-refractivity contribution in [2.75, 3.05) is 19.7 Å². The van der Waals surface area contributed by atoms with Gasteiger partial charge in [0.15, 0.2) is 6.10 Å². The van der Waals surface area contributed by atoms with Crippen molar-refractivity contribution < 1.29 is 31.9 Å². The Labute approximate surface area is 231 Å². The van der Waals surface area contributed by atoms with E-state index in [9.17, 15) is 22.4 Å². The third-order valence-electron chi connectivity index (χ3n) is 6.87. The zero-order valence-electron chi connectivity index (χ0n) is 21.4. The van der Waals surface area contributed by atoms with Crippen LogP contribution in [0.25, 0.3) is 0 Å². The maximum atomic E-state index is 13.3. The number of halogens is 4. The number of hydrogen-bond donors (Lipinski definition) is 0. The number of oxime groups is 1. The molecule has 1 amide bonds.